The van der Waals surface area contributed by atoms with Crippen LogP contribution in [-0.2, 0) is 14.4 Å². The van der Waals surface area contributed by atoms with Gasteiger partial charge < -0.3 is 20.3 Å². The van der Waals surface area contributed by atoms with E-state index in [4.69, 9.17) is 4.74 Å². The molecule has 2 aromatic rings. The monoisotopic (exact) mass is 806 g/mol. The Kier molecular flexibility index (Phi) is 9.97. The van der Waals surface area contributed by atoms with Crippen LogP contribution >= 0.6 is 67.8 Å². The van der Waals surface area contributed by atoms with Crippen LogP contribution in [0.2, 0.25) is 0 Å². The van der Waals surface area contributed by atoms with Crippen LogP contribution in [0.1, 0.15) is 24.2 Å². The predicted octanol–water partition coefficient (Wildman–Crippen LogP) is 4.00. The molecule has 11 nitrogen and oxygen atoms in total. The highest BCUT2D eigenvalue weighted by atomic mass is 127. The van der Waals surface area contributed by atoms with Crippen LogP contribution in [0, 0.1) is 20.8 Å². The SMILES string of the molecule is CC(=O)Nc1c(I)c(NC(C)=O)c(I)c(C(=O)N(C)CC(=O)Oc2ccccc2[N+](=O)[O-])c1I. The molecule has 0 unspecified atom stereocenters. The van der Waals surface area contributed by atoms with Gasteiger partial charge in [0.05, 0.1) is 32.6 Å². The fourth-order valence-electron chi connectivity index (χ4n) is 2.73. The second-order valence-electron chi connectivity index (χ2n) is 6.79. The normalized spacial score (nSPS) is 10.3. The summed E-state index contributed by atoms with van der Waals surface area (Å²) in [6.45, 7) is 2.12. The molecule has 0 saturated heterocycles. The second-order valence-corrected chi connectivity index (χ2v) is 10.0. The van der Waals surface area contributed by atoms with Gasteiger partial charge in [-0.1, -0.05) is 12.1 Å². The Morgan fingerprint density at radius 3 is 1.94 bits per heavy atom. The average Bonchev–Trinajstić information content (AvgIpc) is 2.74. The number of likely N-dealkylation sites (N-methyl/N-ethyl adjacent to an activating group) is 1. The lowest BCUT2D eigenvalue weighted by Crippen LogP contribution is -2.35. The molecule has 0 aliphatic rings. The van der Waals surface area contributed by atoms with Crippen molar-refractivity contribution < 1.29 is 28.8 Å². The van der Waals surface area contributed by atoms with Crippen molar-refractivity contribution in [1.82, 2.24) is 4.90 Å². The second kappa shape index (κ2) is 12.0. The summed E-state index contributed by atoms with van der Waals surface area (Å²) >= 11 is 5.79. The van der Waals surface area contributed by atoms with E-state index in [-0.39, 0.29) is 28.8 Å². The molecule has 2 aromatic carbocycles. The molecule has 0 atom stereocenters. The Bertz CT molecular complexity index is 1160. The molecule has 2 rings (SSSR count). The van der Waals surface area contributed by atoms with E-state index in [1.165, 1.54) is 45.2 Å². The number of carbonyl (C=O) groups is 4. The van der Waals surface area contributed by atoms with Crippen LogP contribution in [0.25, 0.3) is 0 Å². The molecule has 2 N–H and O–H groups in total. The van der Waals surface area contributed by atoms with Crippen LogP contribution in [0.15, 0.2) is 24.3 Å². The summed E-state index contributed by atoms with van der Waals surface area (Å²) < 4.78 is 6.47. The quantitative estimate of drug-likeness (QED) is 0.141. The number of nitro groups is 1. The molecule has 180 valence electrons. The van der Waals surface area contributed by atoms with Gasteiger partial charge in [-0.15, -0.1) is 0 Å². The summed E-state index contributed by atoms with van der Waals surface area (Å²) in [5.74, 6) is -2.44. The van der Waals surface area contributed by atoms with Crippen LogP contribution in [-0.4, -0.2) is 47.1 Å². The van der Waals surface area contributed by atoms with Crippen molar-refractivity contribution in [2.45, 2.75) is 13.8 Å². The van der Waals surface area contributed by atoms with Gasteiger partial charge in [-0.3, -0.25) is 24.5 Å². The van der Waals surface area contributed by atoms with Crippen molar-refractivity contribution in [2.24, 2.45) is 0 Å². The van der Waals surface area contributed by atoms with E-state index >= 15 is 0 Å². The minimum atomic E-state index is -0.884. The average molecular weight is 806 g/mol. The van der Waals surface area contributed by atoms with Crippen LogP contribution in [0.3, 0.4) is 0 Å². The van der Waals surface area contributed by atoms with Crippen LogP contribution < -0.4 is 15.4 Å². The van der Waals surface area contributed by atoms with E-state index in [0.29, 0.717) is 22.1 Å². The number of amides is 3. The van der Waals surface area contributed by atoms with Gasteiger partial charge in [0.1, 0.15) is 6.54 Å². The highest BCUT2D eigenvalue weighted by molar-refractivity contribution is 14.1. The smallest absolute Gasteiger partial charge is 0.331 e. The van der Waals surface area contributed by atoms with Crippen LogP contribution in [0.5, 0.6) is 5.75 Å². The maximum Gasteiger partial charge on any atom is 0.331 e. The minimum absolute atomic E-state index is 0.162. The molecular formula is C20H17I3N4O7. The molecule has 0 bridgehead atoms. The van der Waals surface area contributed by atoms with E-state index in [9.17, 15) is 29.3 Å². The first-order valence-electron chi connectivity index (χ1n) is 9.30. The standard InChI is InChI=1S/C20H17I3N4O7/c1-9(28)24-18-15(21)14(16(22)19(17(18)23)25-10(2)29)20(31)26(3)8-13(30)34-12-7-5-4-6-11(12)27(32)33/h4-7H,8H2,1-3H3,(H,24,28)(H,25,29). The number of esters is 1. The Labute approximate surface area is 234 Å². The summed E-state index contributed by atoms with van der Waals surface area (Å²) in [5.41, 5.74) is 0.468. The number of hydrogen-bond acceptors (Lipinski definition) is 7. The van der Waals surface area contributed by atoms with Crippen molar-refractivity contribution in [1.29, 1.82) is 0 Å². The summed E-state index contributed by atoms with van der Waals surface area (Å²) in [5, 5.41) is 16.5. The number of anilines is 2. The number of nitrogens with zero attached hydrogens (tertiary/aromatic N) is 2. The molecule has 0 aliphatic carbocycles. The largest absolute Gasteiger partial charge is 0.418 e. The number of nitrogens with one attached hydrogen (secondary N) is 2. The summed E-state index contributed by atoms with van der Waals surface area (Å²) in [4.78, 5) is 60.7. The molecule has 34 heavy (non-hydrogen) atoms. The minimum Gasteiger partial charge on any atom is -0.418 e. The van der Waals surface area contributed by atoms with Crippen molar-refractivity contribution in [3.63, 3.8) is 0 Å². The molecule has 0 aromatic heterocycles. The van der Waals surface area contributed by atoms with E-state index < -0.39 is 23.3 Å². The number of nitro benzene ring substituents is 1. The maximum atomic E-state index is 13.3. The molecule has 3 amide bonds. The number of ether oxygens (including phenoxy) is 1. The molecule has 0 spiro atoms. The topological polar surface area (TPSA) is 148 Å². The lowest BCUT2D eigenvalue weighted by Gasteiger charge is -2.22. The van der Waals surface area contributed by atoms with Gasteiger partial charge in [0, 0.05) is 27.0 Å². The van der Waals surface area contributed by atoms with Gasteiger partial charge in [-0.2, -0.15) is 0 Å². The zero-order chi connectivity index (χ0) is 25.7. The third-order valence-electron chi connectivity index (χ3n) is 4.13. The highest BCUT2D eigenvalue weighted by Gasteiger charge is 2.28. The van der Waals surface area contributed by atoms with Gasteiger partial charge in [0.15, 0.2) is 0 Å². The molecule has 0 heterocycles. The fourth-order valence-corrected chi connectivity index (χ4v) is 6.90. The Morgan fingerprint density at radius 2 is 1.47 bits per heavy atom. The number of para-hydroxylation sites is 2. The first-order chi connectivity index (χ1) is 15.8. The molecular weight excluding hydrogens is 789 g/mol. The van der Waals surface area contributed by atoms with Crippen molar-refractivity contribution >= 4 is 109 Å². The zero-order valence-electron chi connectivity index (χ0n) is 17.9. The van der Waals surface area contributed by atoms with Gasteiger partial charge in [-0.25, -0.2) is 4.79 Å². The Hall–Kier alpha value is -2.09. The van der Waals surface area contributed by atoms with E-state index in [1.54, 1.807) is 0 Å². The number of carbonyl (C=O) groups excluding carboxylic acids is 4. The van der Waals surface area contributed by atoms with E-state index in [1.807, 2.05) is 67.8 Å². The molecule has 14 heteroatoms. The molecule has 0 saturated carbocycles. The van der Waals surface area contributed by atoms with Crippen molar-refractivity contribution in [2.75, 3.05) is 24.2 Å². The van der Waals surface area contributed by atoms with Gasteiger partial charge in [-0.05, 0) is 73.8 Å². The third kappa shape index (κ3) is 6.74. The summed E-state index contributed by atoms with van der Waals surface area (Å²) in [6.07, 6.45) is 0. The molecule has 0 radical (unpaired) electrons. The summed E-state index contributed by atoms with van der Waals surface area (Å²) in [6, 6.07) is 5.39. The Morgan fingerprint density at radius 1 is 0.971 bits per heavy atom. The fraction of sp³-hybridized carbons (Fsp3) is 0.200. The Balaban J connectivity index is 2.40. The predicted molar refractivity (Wildman–Crippen MR) is 149 cm³/mol. The lowest BCUT2D eigenvalue weighted by atomic mass is 10.1. The number of halogens is 3. The van der Waals surface area contributed by atoms with Crippen LogP contribution in [0.4, 0.5) is 17.1 Å². The van der Waals surface area contributed by atoms with Gasteiger partial charge in [0.25, 0.3) is 5.91 Å². The molecule has 0 aliphatic heterocycles. The molecule has 0 fully saturated rings. The van der Waals surface area contributed by atoms with E-state index in [2.05, 4.69) is 10.6 Å². The highest BCUT2D eigenvalue weighted by Crippen LogP contribution is 2.39. The van der Waals surface area contributed by atoms with Crippen molar-refractivity contribution in [3.8, 4) is 5.75 Å². The first-order valence-corrected chi connectivity index (χ1v) is 12.5. The van der Waals surface area contributed by atoms with Gasteiger partial charge >= 0.3 is 11.7 Å². The zero-order valence-corrected chi connectivity index (χ0v) is 24.4. The summed E-state index contributed by atoms with van der Waals surface area (Å²) in [7, 11) is 1.36. The van der Waals surface area contributed by atoms with Gasteiger partial charge in [0.2, 0.25) is 17.6 Å². The maximum absolute atomic E-state index is 13.3. The van der Waals surface area contributed by atoms with Crippen molar-refractivity contribution in [3.05, 3.63) is 50.7 Å². The third-order valence-corrected chi connectivity index (χ3v) is 7.37. The number of rotatable bonds is 7. The lowest BCUT2D eigenvalue weighted by molar-refractivity contribution is -0.385. The van der Waals surface area contributed by atoms with E-state index in [0.717, 1.165) is 4.90 Å². The number of benzene rings is 2. The number of hydrogen-bond donors (Lipinski definition) is 2. The first kappa shape index (κ1) is 28.1.